The highest BCUT2D eigenvalue weighted by atomic mass is 32.2. The van der Waals surface area contributed by atoms with E-state index < -0.39 is 23.3 Å². The monoisotopic (exact) mass is 516 g/mol. The number of thioether (sulfide) groups is 1. The van der Waals surface area contributed by atoms with Crippen LogP contribution in [0.3, 0.4) is 0 Å². The minimum absolute atomic E-state index is 0.118. The molecule has 9 heteroatoms. The van der Waals surface area contributed by atoms with E-state index in [0.29, 0.717) is 42.3 Å². The summed E-state index contributed by atoms with van der Waals surface area (Å²) < 4.78 is 16.6. The van der Waals surface area contributed by atoms with Gasteiger partial charge in [0.2, 0.25) is 0 Å². The number of likely N-dealkylation sites (N-methyl/N-ethyl adjacent to an activating group) is 1. The maximum Gasteiger partial charge on any atom is 0.339 e. The lowest BCUT2D eigenvalue weighted by molar-refractivity contribution is -0.153. The molecule has 1 amide bonds. The topological polar surface area (TPSA) is 85.4 Å². The number of hydrogen-bond donors (Lipinski definition) is 0. The third-order valence-corrected chi connectivity index (χ3v) is 7.65. The van der Waals surface area contributed by atoms with Crippen molar-refractivity contribution in [3.05, 3.63) is 47.7 Å². The van der Waals surface area contributed by atoms with E-state index in [9.17, 15) is 14.4 Å². The van der Waals surface area contributed by atoms with Gasteiger partial charge in [-0.15, -0.1) is 11.8 Å². The van der Waals surface area contributed by atoms with Crippen molar-refractivity contribution in [1.29, 1.82) is 0 Å². The molecule has 8 nitrogen and oxygen atoms in total. The van der Waals surface area contributed by atoms with Crippen molar-refractivity contribution >= 4 is 35.3 Å². The van der Waals surface area contributed by atoms with E-state index >= 15 is 0 Å². The summed E-state index contributed by atoms with van der Waals surface area (Å²) in [5, 5.41) is -0.444. The zero-order valence-corrected chi connectivity index (χ0v) is 22.5. The molecule has 0 radical (unpaired) electrons. The van der Waals surface area contributed by atoms with E-state index in [4.69, 9.17) is 14.2 Å². The summed E-state index contributed by atoms with van der Waals surface area (Å²) in [5.74, 6) is -0.612. The van der Waals surface area contributed by atoms with Gasteiger partial charge < -0.3 is 24.0 Å². The number of unbranched alkanes of at least 4 members (excludes halogenated alkanes) is 1. The molecule has 36 heavy (non-hydrogen) atoms. The van der Waals surface area contributed by atoms with Crippen LogP contribution in [0.25, 0.3) is 0 Å². The van der Waals surface area contributed by atoms with Crippen LogP contribution in [0, 0.1) is 5.92 Å². The number of amides is 1. The molecular formula is C27H36N2O6S. The number of methoxy groups -OCH3 is 1. The van der Waals surface area contributed by atoms with Crippen LogP contribution >= 0.6 is 11.8 Å². The van der Waals surface area contributed by atoms with Crippen LogP contribution in [0.15, 0.2) is 47.1 Å². The van der Waals surface area contributed by atoms with E-state index in [-0.39, 0.29) is 11.8 Å². The zero-order valence-electron chi connectivity index (χ0n) is 21.7. The first kappa shape index (κ1) is 27.8. The molecule has 2 aliphatic rings. The molecule has 196 valence electrons. The Labute approximate surface area is 217 Å². The highest BCUT2D eigenvalue weighted by Gasteiger charge is 2.44. The second-order valence-corrected chi connectivity index (χ2v) is 10.3. The van der Waals surface area contributed by atoms with E-state index in [1.165, 1.54) is 18.7 Å². The lowest BCUT2D eigenvalue weighted by Gasteiger charge is -2.31. The first-order valence-corrected chi connectivity index (χ1v) is 13.2. The molecule has 0 saturated carbocycles. The standard InChI is InChI=1S/C27H36N2O6S/c1-6-7-17-34-27(32)21-9-8-10-22-25(21)36-24(19-11-13-20(33-5)14-12-19)23(35-18(2)30)26(31)29(22)16-15-28(3)4/h8-11,13-14,19,23-24H,6-7,12,15-17H2,1-5H3/t19?,23-,24+/m1/s1. The second-order valence-electron chi connectivity index (χ2n) is 9.12. The quantitative estimate of drug-likeness (QED) is 0.340. The fourth-order valence-corrected chi connectivity index (χ4v) is 5.69. The Morgan fingerprint density at radius 1 is 1.25 bits per heavy atom. The fourth-order valence-electron chi connectivity index (χ4n) is 4.17. The molecule has 0 saturated heterocycles. The van der Waals surface area contributed by atoms with E-state index in [2.05, 4.69) is 0 Å². The maximum absolute atomic E-state index is 14.0. The Kier molecular flexibility index (Phi) is 10.0. The molecule has 0 bridgehead atoms. The van der Waals surface area contributed by atoms with Gasteiger partial charge in [-0.3, -0.25) is 9.59 Å². The van der Waals surface area contributed by atoms with Gasteiger partial charge in [-0.25, -0.2) is 4.79 Å². The van der Waals surface area contributed by atoms with Crippen LogP contribution in [0.5, 0.6) is 0 Å². The molecule has 3 rings (SSSR count). The number of benzene rings is 1. The van der Waals surface area contributed by atoms with Gasteiger partial charge >= 0.3 is 11.9 Å². The van der Waals surface area contributed by atoms with Gasteiger partial charge in [-0.1, -0.05) is 25.5 Å². The number of ether oxygens (including phenoxy) is 3. The summed E-state index contributed by atoms with van der Waals surface area (Å²) in [5.41, 5.74) is 1.04. The minimum Gasteiger partial charge on any atom is -0.497 e. The van der Waals surface area contributed by atoms with Crippen LogP contribution in [-0.2, 0) is 23.8 Å². The Balaban J connectivity index is 2.09. The van der Waals surface area contributed by atoms with Crippen molar-refractivity contribution in [1.82, 2.24) is 4.90 Å². The smallest absolute Gasteiger partial charge is 0.339 e. The van der Waals surface area contributed by atoms with Crippen molar-refractivity contribution in [2.45, 2.75) is 49.4 Å². The van der Waals surface area contributed by atoms with Gasteiger partial charge in [-0.2, -0.15) is 0 Å². The number of rotatable bonds is 10. The maximum atomic E-state index is 14.0. The third kappa shape index (κ3) is 6.70. The SMILES string of the molecule is CCCCOC(=O)c1cccc2c1S[C@@H](C1C=CC(OC)=CC1)[C@@H](OC(C)=O)C(=O)N2CCN(C)C. The first-order valence-electron chi connectivity index (χ1n) is 12.3. The number of fused-ring (bicyclic) bond motifs is 1. The predicted molar refractivity (Wildman–Crippen MR) is 140 cm³/mol. The molecule has 1 aliphatic carbocycles. The first-order chi connectivity index (χ1) is 17.3. The summed E-state index contributed by atoms with van der Waals surface area (Å²) >= 11 is 1.40. The molecular weight excluding hydrogens is 480 g/mol. The van der Waals surface area contributed by atoms with Crippen LogP contribution in [0.1, 0.15) is 43.5 Å². The Bertz CT molecular complexity index is 1020. The Morgan fingerprint density at radius 3 is 2.64 bits per heavy atom. The van der Waals surface area contributed by atoms with Gasteiger partial charge in [0.1, 0.15) is 5.76 Å². The highest BCUT2D eigenvalue weighted by molar-refractivity contribution is 8.00. The average Bonchev–Trinajstić information content (AvgIpc) is 2.97. The number of carbonyl (C=O) groups is 3. The van der Waals surface area contributed by atoms with E-state index in [0.717, 1.165) is 18.6 Å². The van der Waals surface area contributed by atoms with Crippen LogP contribution < -0.4 is 4.90 Å². The molecule has 0 spiro atoms. The van der Waals surface area contributed by atoms with Gasteiger partial charge in [-0.05, 0) is 57.1 Å². The highest BCUT2D eigenvalue weighted by Crippen LogP contribution is 2.45. The molecule has 0 N–H and O–H groups in total. The van der Waals surface area contributed by atoms with Crippen molar-refractivity contribution < 1.29 is 28.6 Å². The summed E-state index contributed by atoms with van der Waals surface area (Å²) in [6.07, 6.45) is 7.10. The number of carbonyl (C=O) groups excluding carboxylic acids is 3. The normalized spacial score (nSPS) is 21.5. The zero-order chi connectivity index (χ0) is 26.2. The Hall–Kier alpha value is -2.78. The second kappa shape index (κ2) is 13.0. The van der Waals surface area contributed by atoms with Crippen LogP contribution in [0.2, 0.25) is 0 Å². The minimum atomic E-state index is -1.02. The predicted octanol–water partition coefficient (Wildman–Crippen LogP) is 4.05. The molecule has 1 aromatic carbocycles. The summed E-state index contributed by atoms with van der Waals surface area (Å²) in [6, 6.07) is 5.34. The summed E-state index contributed by atoms with van der Waals surface area (Å²) in [6.45, 7) is 4.66. The number of allylic oxidation sites excluding steroid dienone is 3. The van der Waals surface area contributed by atoms with Gasteiger partial charge in [0.15, 0.2) is 6.10 Å². The van der Waals surface area contributed by atoms with Crippen molar-refractivity contribution in [2.75, 3.05) is 45.8 Å². The van der Waals surface area contributed by atoms with Gasteiger partial charge in [0.25, 0.3) is 5.91 Å². The van der Waals surface area contributed by atoms with Crippen molar-refractivity contribution in [3.8, 4) is 0 Å². The van der Waals surface area contributed by atoms with E-state index in [1.807, 2.05) is 50.2 Å². The number of anilines is 1. The fraction of sp³-hybridized carbons (Fsp3) is 0.519. The molecule has 1 unspecified atom stereocenters. The van der Waals surface area contributed by atoms with Crippen molar-refractivity contribution in [3.63, 3.8) is 0 Å². The molecule has 3 atom stereocenters. The van der Waals surface area contributed by atoms with Crippen LogP contribution in [-0.4, -0.2) is 75.0 Å². The molecule has 0 fully saturated rings. The lowest BCUT2D eigenvalue weighted by atomic mass is 9.92. The summed E-state index contributed by atoms with van der Waals surface area (Å²) in [7, 11) is 5.47. The summed E-state index contributed by atoms with van der Waals surface area (Å²) in [4.78, 5) is 43.5. The van der Waals surface area contributed by atoms with Crippen LogP contribution in [0.4, 0.5) is 5.69 Å². The number of esters is 2. The number of nitrogens with zero attached hydrogens (tertiary/aromatic N) is 2. The van der Waals surface area contributed by atoms with Gasteiger partial charge in [0, 0.05) is 24.9 Å². The Morgan fingerprint density at radius 2 is 2.03 bits per heavy atom. The molecule has 1 heterocycles. The molecule has 1 aliphatic heterocycles. The van der Waals surface area contributed by atoms with Crippen molar-refractivity contribution in [2.24, 2.45) is 5.92 Å². The van der Waals surface area contributed by atoms with Gasteiger partial charge in [0.05, 0.1) is 30.2 Å². The molecule has 1 aromatic rings. The lowest BCUT2D eigenvalue weighted by Crippen LogP contribution is -2.48. The van der Waals surface area contributed by atoms with E-state index in [1.54, 1.807) is 24.1 Å². The molecule has 0 aromatic heterocycles. The number of hydrogen-bond acceptors (Lipinski definition) is 8. The average molecular weight is 517 g/mol. The third-order valence-electron chi connectivity index (χ3n) is 6.12. The largest absolute Gasteiger partial charge is 0.497 e.